The molecule has 2 aromatic heterocycles. The number of hydrogen-bond acceptors (Lipinski definition) is 2. The van der Waals surface area contributed by atoms with E-state index in [1.165, 1.54) is 0 Å². The van der Waals surface area contributed by atoms with Crippen LogP contribution < -0.4 is 5.56 Å². The lowest BCUT2D eigenvalue weighted by molar-refractivity contribution is 0.687. The number of rotatable bonds is 2. The highest BCUT2D eigenvalue weighted by molar-refractivity contribution is 7.84. The maximum Gasteiger partial charge on any atom is 0.275 e. The first-order valence-electron chi connectivity index (χ1n) is 6.18. The van der Waals surface area contributed by atoms with Gasteiger partial charge in [0.1, 0.15) is 5.52 Å². The van der Waals surface area contributed by atoms with Crippen molar-refractivity contribution in [3.05, 3.63) is 59.1 Å². The fourth-order valence-corrected chi connectivity index (χ4v) is 2.79. The summed E-state index contributed by atoms with van der Waals surface area (Å²) < 4.78 is 14.9. The van der Waals surface area contributed by atoms with Crippen molar-refractivity contribution < 1.29 is 4.21 Å². The second-order valence-corrected chi connectivity index (χ2v) is 6.04. The molecular formula is C15H14N2O2S. The fourth-order valence-electron chi connectivity index (χ4n) is 2.27. The SMILES string of the molecule is Cn1c(-c2ccc(S(C)=O)cc2)cn2cccc2c1=O. The zero-order valence-corrected chi connectivity index (χ0v) is 12.1. The second kappa shape index (κ2) is 4.76. The van der Waals surface area contributed by atoms with Crippen molar-refractivity contribution in [2.24, 2.45) is 7.05 Å². The van der Waals surface area contributed by atoms with Gasteiger partial charge in [0.15, 0.2) is 0 Å². The number of benzene rings is 1. The molecule has 0 radical (unpaired) electrons. The van der Waals surface area contributed by atoms with Crippen molar-refractivity contribution in [1.82, 2.24) is 8.97 Å². The Hall–Kier alpha value is -2.14. The summed E-state index contributed by atoms with van der Waals surface area (Å²) in [6.07, 6.45) is 5.43. The van der Waals surface area contributed by atoms with Gasteiger partial charge in [0.05, 0.1) is 5.69 Å². The van der Waals surface area contributed by atoms with E-state index in [1.807, 2.05) is 47.1 Å². The summed E-state index contributed by atoms with van der Waals surface area (Å²) in [7, 11) is 0.768. The van der Waals surface area contributed by atoms with Crippen LogP contribution in [0.2, 0.25) is 0 Å². The van der Waals surface area contributed by atoms with E-state index in [4.69, 9.17) is 0 Å². The van der Waals surface area contributed by atoms with Crippen LogP contribution in [0.3, 0.4) is 0 Å². The lowest BCUT2D eigenvalue weighted by Gasteiger charge is -2.10. The van der Waals surface area contributed by atoms with Gasteiger partial charge in [-0.15, -0.1) is 0 Å². The molecule has 0 saturated heterocycles. The summed E-state index contributed by atoms with van der Waals surface area (Å²) in [5.74, 6) is 0. The van der Waals surface area contributed by atoms with Gasteiger partial charge in [0.25, 0.3) is 5.56 Å². The molecule has 1 atom stereocenters. The maximum absolute atomic E-state index is 12.3. The van der Waals surface area contributed by atoms with Crippen molar-refractivity contribution in [3.63, 3.8) is 0 Å². The maximum atomic E-state index is 12.3. The third kappa shape index (κ3) is 2.00. The molecule has 0 N–H and O–H groups in total. The normalized spacial score (nSPS) is 12.7. The van der Waals surface area contributed by atoms with E-state index in [0.29, 0.717) is 5.52 Å². The predicted octanol–water partition coefficient (Wildman–Crippen LogP) is 2.04. The Kier molecular flexibility index (Phi) is 3.06. The van der Waals surface area contributed by atoms with E-state index in [-0.39, 0.29) is 5.56 Å². The van der Waals surface area contributed by atoms with Crippen LogP contribution in [0.4, 0.5) is 0 Å². The number of hydrogen-bond donors (Lipinski definition) is 0. The Labute approximate surface area is 118 Å². The van der Waals surface area contributed by atoms with Gasteiger partial charge in [-0.3, -0.25) is 9.00 Å². The van der Waals surface area contributed by atoms with Crippen LogP contribution in [-0.2, 0) is 17.8 Å². The Bertz CT molecular complexity index is 860. The van der Waals surface area contributed by atoms with Crippen LogP contribution in [0.15, 0.2) is 58.5 Å². The first kappa shape index (κ1) is 12.9. The summed E-state index contributed by atoms with van der Waals surface area (Å²) >= 11 is 0. The standard InChI is InChI=1S/C15H14N2O2S/c1-16-14(10-17-9-3-4-13(17)15(16)18)11-5-7-12(8-6-11)20(2)19/h3-10H,1-2H3. The molecule has 1 unspecified atom stereocenters. The molecule has 20 heavy (non-hydrogen) atoms. The molecule has 0 aliphatic carbocycles. The van der Waals surface area contributed by atoms with E-state index in [1.54, 1.807) is 23.9 Å². The Morgan fingerprint density at radius 2 is 1.80 bits per heavy atom. The molecule has 1 aromatic carbocycles. The fraction of sp³-hybridized carbons (Fsp3) is 0.133. The van der Waals surface area contributed by atoms with E-state index in [0.717, 1.165) is 16.2 Å². The summed E-state index contributed by atoms with van der Waals surface area (Å²) in [6, 6.07) is 11.1. The van der Waals surface area contributed by atoms with Crippen LogP contribution >= 0.6 is 0 Å². The molecule has 3 aromatic rings. The lowest BCUT2D eigenvalue weighted by atomic mass is 10.1. The smallest absolute Gasteiger partial charge is 0.275 e. The average molecular weight is 286 g/mol. The first-order valence-corrected chi connectivity index (χ1v) is 7.74. The summed E-state index contributed by atoms with van der Waals surface area (Å²) in [6.45, 7) is 0. The zero-order chi connectivity index (χ0) is 14.3. The molecule has 0 bridgehead atoms. The highest BCUT2D eigenvalue weighted by Crippen LogP contribution is 2.19. The van der Waals surface area contributed by atoms with Gasteiger partial charge in [-0.05, 0) is 29.8 Å². The van der Waals surface area contributed by atoms with Crippen molar-refractivity contribution >= 4 is 16.3 Å². The van der Waals surface area contributed by atoms with Crippen molar-refractivity contribution in [3.8, 4) is 11.3 Å². The Morgan fingerprint density at radius 1 is 1.10 bits per heavy atom. The molecule has 3 rings (SSSR count). The van der Waals surface area contributed by atoms with E-state index in [9.17, 15) is 9.00 Å². The molecule has 2 heterocycles. The molecule has 0 amide bonds. The molecule has 0 fully saturated rings. The number of fused-ring (bicyclic) bond motifs is 1. The molecule has 0 aliphatic heterocycles. The van der Waals surface area contributed by atoms with Crippen molar-refractivity contribution in [1.29, 1.82) is 0 Å². The highest BCUT2D eigenvalue weighted by Gasteiger charge is 2.08. The first-order chi connectivity index (χ1) is 9.58. The minimum Gasteiger partial charge on any atom is -0.317 e. The van der Waals surface area contributed by atoms with Crippen LogP contribution in [0.5, 0.6) is 0 Å². The molecule has 5 heteroatoms. The molecule has 0 spiro atoms. The van der Waals surface area contributed by atoms with Crippen LogP contribution in [-0.4, -0.2) is 19.4 Å². The van der Waals surface area contributed by atoms with Gasteiger partial charge in [-0.2, -0.15) is 0 Å². The van der Waals surface area contributed by atoms with Crippen molar-refractivity contribution in [2.75, 3.05) is 6.26 Å². The molecule has 4 nitrogen and oxygen atoms in total. The third-order valence-corrected chi connectivity index (χ3v) is 4.34. The largest absolute Gasteiger partial charge is 0.317 e. The zero-order valence-electron chi connectivity index (χ0n) is 11.2. The lowest BCUT2D eigenvalue weighted by Crippen LogP contribution is -2.20. The molecule has 102 valence electrons. The van der Waals surface area contributed by atoms with Gasteiger partial charge in [-0.25, -0.2) is 0 Å². The molecule has 0 aliphatic rings. The average Bonchev–Trinajstić information content (AvgIpc) is 2.91. The van der Waals surface area contributed by atoms with E-state index in [2.05, 4.69) is 0 Å². The van der Waals surface area contributed by atoms with Gasteiger partial charge < -0.3 is 8.97 Å². The van der Waals surface area contributed by atoms with E-state index >= 15 is 0 Å². The monoisotopic (exact) mass is 286 g/mol. The van der Waals surface area contributed by atoms with Gasteiger partial charge in [-0.1, -0.05) is 12.1 Å². The second-order valence-electron chi connectivity index (χ2n) is 4.66. The minimum absolute atomic E-state index is 0.0318. The predicted molar refractivity (Wildman–Crippen MR) is 80.4 cm³/mol. The van der Waals surface area contributed by atoms with Crippen molar-refractivity contribution in [2.45, 2.75) is 4.90 Å². The van der Waals surface area contributed by atoms with Crippen LogP contribution in [0, 0.1) is 0 Å². The highest BCUT2D eigenvalue weighted by atomic mass is 32.2. The molecule has 0 saturated carbocycles. The van der Waals surface area contributed by atoms with Crippen LogP contribution in [0.25, 0.3) is 16.8 Å². The third-order valence-electron chi connectivity index (χ3n) is 3.41. The van der Waals surface area contributed by atoms with Gasteiger partial charge in [0.2, 0.25) is 0 Å². The number of aromatic nitrogens is 2. The topological polar surface area (TPSA) is 43.5 Å². The van der Waals surface area contributed by atoms with E-state index < -0.39 is 10.8 Å². The van der Waals surface area contributed by atoms with Crippen LogP contribution in [0.1, 0.15) is 0 Å². The summed E-state index contributed by atoms with van der Waals surface area (Å²) in [4.78, 5) is 13.0. The Morgan fingerprint density at radius 3 is 2.45 bits per heavy atom. The minimum atomic E-state index is -0.993. The summed E-state index contributed by atoms with van der Waals surface area (Å²) in [5, 5.41) is 0. The van der Waals surface area contributed by atoms with Gasteiger partial charge >= 0.3 is 0 Å². The van der Waals surface area contributed by atoms with Gasteiger partial charge in [0, 0.05) is 41.4 Å². The number of nitrogens with zero attached hydrogens (tertiary/aromatic N) is 2. The summed E-state index contributed by atoms with van der Waals surface area (Å²) in [5.41, 5.74) is 2.37. The Balaban J connectivity index is 2.21. The molecular weight excluding hydrogens is 272 g/mol. The quantitative estimate of drug-likeness (QED) is 0.723.